The lowest BCUT2D eigenvalue weighted by Gasteiger charge is -2.15. The predicted octanol–water partition coefficient (Wildman–Crippen LogP) is 5.20. The van der Waals surface area contributed by atoms with Gasteiger partial charge in [0, 0.05) is 27.1 Å². The summed E-state index contributed by atoms with van der Waals surface area (Å²) in [5, 5.41) is 3.33. The summed E-state index contributed by atoms with van der Waals surface area (Å²) in [6.45, 7) is 2.66. The first-order valence-corrected chi connectivity index (χ1v) is 7.58. The third kappa shape index (κ3) is 3.88. The van der Waals surface area contributed by atoms with E-state index in [2.05, 4.69) is 37.2 Å². The van der Waals surface area contributed by atoms with Gasteiger partial charge in [0.05, 0.1) is 0 Å². The van der Waals surface area contributed by atoms with Gasteiger partial charge in [-0.2, -0.15) is 0 Å². The van der Waals surface area contributed by atoms with E-state index in [0.29, 0.717) is 12.1 Å². The van der Waals surface area contributed by atoms with Crippen LogP contribution in [-0.4, -0.2) is 0 Å². The van der Waals surface area contributed by atoms with Gasteiger partial charge in [-0.1, -0.05) is 24.3 Å². The van der Waals surface area contributed by atoms with Gasteiger partial charge >= 0.3 is 0 Å². The quantitative estimate of drug-likeness (QED) is 0.761. The van der Waals surface area contributed by atoms with Gasteiger partial charge < -0.3 is 5.32 Å². The number of nitrogens with one attached hydrogen (secondary N) is 1. The first-order valence-electron chi connectivity index (χ1n) is 5.99. The molecule has 0 aromatic heterocycles. The fourth-order valence-electron chi connectivity index (χ4n) is 1.86. The predicted molar refractivity (Wildman–Crippen MR) is 83.5 cm³/mol. The molecule has 2 rings (SSSR count). The molecule has 2 aromatic carbocycles. The number of hydrogen-bond acceptors (Lipinski definition) is 1. The number of hydrogen-bond donors (Lipinski definition) is 1. The van der Waals surface area contributed by atoms with Gasteiger partial charge in [-0.15, -0.1) is 0 Å². The molecule has 0 aliphatic rings. The summed E-state index contributed by atoms with van der Waals surface area (Å²) in [5.74, 6) is -0.167. The Morgan fingerprint density at radius 2 is 1.84 bits per heavy atom. The molecule has 4 heteroatoms. The van der Waals surface area contributed by atoms with Crippen LogP contribution in [0.25, 0.3) is 0 Å². The van der Waals surface area contributed by atoms with Crippen LogP contribution in [0, 0.1) is 5.82 Å². The zero-order valence-electron chi connectivity index (χ0n) is 10.5. The fraction of sp³-hybridized carbons (Fsp3) is 0.200. The van der Waals surface area contributed by atoms with Gasteiger partial charge in [-0.05, 0) is 62.5 Å². The highest BCUT2D eigenvalue weighted by atomic mass is 79.9. The molecule has 0 spiro atoms. The van der Waals surface area contributed by atoms with E-state index in [9.17, 15) is 4.39 Å². The van der Waals surface area contributed by atoms with Gasteiger partial charge in [0.2, 0.25) is 0 Å². The van der Waals surface area contributed by atoms with E-state index in [1.54, 1.807) is 6.07 Å². The first kappa shape index (κ1) is 14.7. The van der Waals surface area contributed by atoms with Crippen LogP contribution in [0.15, 0.2) is 51.4 Å². The van der Waals surface area contributed by atoms with Crippen LogP contribution in [0.4, 0.5) is 4.39 Å². The Kier molecular flexibility index (Phi) is 5.13. The Labute approximate surface area is 129 Å². The molecule has 0 saturated carbocycles. The van der Waals surface area contributed by atoms with E-state index >= 15 is 0 Å². The van der Waals surface area contributed by atoms with Crippen molar-refractivity contribution in [3.05, 3.63) is 68.4 Å². The largest absolute Gasteiger partial charge is 0.306 e. The van der Waals surface area contributed by atoms with Crippen LogP contribution in [0.3, 0.4) is 0 Å². The Hall–Kier alpha value is -0.710. The molecule has 0 amide bonds. The van der Waals surface area contributed by atoms with E-state index in [4.69, 9.17) is 0 Å². The molecule has 0 aliphatic heterocycles. The van der Waals surface area contributed by atoms with Crippen molar-refractivity contribution in [3.8, 4) is 0 Å². The van der Waals surface area contributed by atoms with Gasteiger partial charge in [-0.25, -0.2) is 4.39 Å². The minimum atomic E-state index is -0.167. The van der Waals surface area contributed by atoms with Gasteiger partial charge in [0.25, 0.3) is 0 Å². The second kappa shape index (κ2) is 6.64. The lowest BCUT2D eigenvalue weighted by Crippen LogP contribution is -2.19. The van der Waals surface area contributed by atoms with Crippen LogP contribution < -0.4 is 5.32 Å². The molecular formula is C15H14Br2FN. The summed E-state index contributed by atoms with van der Waals surface area (Å²) in [5.41, 5.74) is 1.84. The van der Waals surface area contributed by atoms with Crippen molar-refractivity contribution >= 4 is 31.9 Å². The van der Waals surface area contributed by atoms with Crippen LogP contribution >= 0.6 is 31.9 Å². The van der Waals surface area contributed by atoms with Crippen molar-refractivity contribution in [2.75, 3.05) is 0 Å². The van der Waals surface area contributed by atoms with Gasteiger partial charge in [0.1, 0.15) is 5.82 Å². The molecule has 19 heavy (non-hydrogen) atoms. The zero-order valence-corrected chi connectivity index (χ0v) is 13.6. The Morgan fingerprint density at radius 3 is 2.53 bits per heavy atom. The molecule has 0 radical (unpaired) electrons. The highest BCUT2D eigenvalue weighted by Gasteiger charge is 2.09. The summed E-state index contributed by atoms with van der Waals surface area (Å²) in [4.78, 5) is 0. The fourth-order valence-corrected chi connectivity index (χ4v) is 2.53. The SMILES string of the molecule is CC(NCc1ccc(Br)c(Br)c1)c1ccccc1F. The molecule has 1 atom stereocenters. The lowest BCUT2D eigenvalue weighted by atomic mass is 10.1. The molecule has 2 aromatic rings. The summed E-state index contributed by atoms with van der Waals surface area (Å²) < 4.78 is 15.7. The van der Waals surface area contributed by atoms with Crippen molar-refractivity contribution < 1.29 is 4.39 Å². The van der Waals surface area contributed by atoms with Crippen molar-refractivity contribution in [3.63, 3.8) is 0 Å². The van der Waals surface area contributed by atoms with Gasteiger partial charge in [0.15, 0.2) is 0 Å². The van der Waals surface area contributed by atoms with E-state index in [0.717, 1.165) is 14.5 Å². The monoisotopic (exact) mass is 385 g/mol. The highest BCUT2D eigenvalue weighted by Crippen LogP contribution is 2.24. The number of benzene rings is 2. The lowest BCUT2D eigenvalue weighted by molar-refractivity contribution is 0.528. The van der Waals surface area contributed by atoms with Crippen molar-refractivity contribution in [1.29, 1.82) is 0 Å². The van der Waals surface area contributed by atoms with Gasteiger partial charge in [-0.3, -0.25) is 0 Å². The van der Waals surface area contributed by atoms with Crippen molar-refractivity contribution in [2.24, 2.45) is 0 Å². The van der Waals surface area contributed by atoms with Crippen LogP contribution in [0.5, 0.6) is 0 Å². The molecular weight excluding hydrogens is 373 g/mol. The molecule has 1 N–H and O–H groups in total. The zero-order chi connectivity index (χ0) is 13.8. The second-order valence-corrected chi connectivity index (χ2v) is 6.08. The Balaban J connectivity index is 2.02. The summed E-state index contributed by atoms with van der Waals surface area (Å²) in [6, 6.07) is 12.9. The maximum absolute atomic E-state index is 13.6. The summed E-state index contributed by atoms with van der Waals surface area (Å²) >= 11 is 6.91. The molecule has 0 saturated heterocycles. The first-order chi connectivity index (χ1) is 9.08. The molecule has 0 fully saturated rings. The molecule has 0 bridgehead atoms. The second-order valence-electron chi connectivity index (χ2n) is 4.37. The van der Waals surface area contributed by atoms with E-state index in [-0.39, 0.29) is 11.9 Å². The topological polar surface area (TPSA) is 12.0 Å². The maximum atomic E-state index is 13.6. The number of halogens is 3. The van der Waals surface area contributed by atoms with E-state index in [1.807, 2.05) is 37.3 Å². The standard InChI is InChI=1S/C15H14Br2FN/c1-10(12-4-2-3-5-15(12)18)19-9-11-6-7-13(16)14(17)8-11/h2-8,10,19H,9H2,1H3. The normalized spacial score (nSPS) is 12.4. The maximum Gasteiger partial charge on any atom is 0.127 e. The molecule has 0 heterocycles. The molecule has 0 aliphatic carbocycles. The smallest absolute Gasteiger partial charge is 0.127 e. The van der Waals surface area contributed by atoms with Crippen LogP contribution in [-0.2, 0) is 6.54 Å². The van der Waals surface area contributed by atoms with Crippen LogP contribution in [0.1, 0.15) is 24.1 Å². The van der Waals surface area contributed by atoms with Crippen molar-refractivity contribution in [1.82, 2.24) is 5.32 Å². The molecule has 1 nitrogen and oxygen atoms in total. The number of rotatable bonds is 4. The highest BCUT2D eigenvalue weighted by molar-refractivity contribution is 9.13. The average molecular weight is 387 g/mol. The summed E-state index contributed by atoms with van der Waals surface area (Å²) in [6.07, 6.45) is 0. The third-order valence-corrected chi connectivity index (χ3v) is 4.85. The van der Waals surface area contributed by atoms with Crippen LogP contribution in [0.2, 0.25) is 0 Å². The Bertz CT molecular complexity index is 572. The molecule has 1 unspecified atom stereocenters. The minimum Gasteiger partial charge on any atom is -0.306 e. The third-order valence-electron chi connectivity index (χ3n) is 2.97. The van der Waals surface area contributed by atoms with E-state index < -0.39 is 0 Å². The van der Waals surface area contributed by atoms with Crippen molar-refractivity contribution in [2.45, 2.75) is 19.5 Å². The summed E-state index contributed by atoms with van der Waals surface area (Å²) in [7, 11) is 0. The van der Waals surface area contributed by atoms with E-state index in [1.165, 1.54) is 6.07 Å². The molecule has 100 valence electrons. The Morgan fingerprint density at radius 1 is 1.11 bits per heavy atom. The average Bonchev–Trinajstić information content (AvgIpc) is 2.40. The minimum absolute atomic E-state index is 0.0244.